The number of nitrogens with one attached hydrogen (secondary N) is 1. The van der Waals surface area contributed by atoms with E-state index in [4.69, 9.17) is 10.5 Å². The number of nitro benzene ring substituents is 2. The zero-order valence-electron chi connectivity index (χ0n) is 9.23. The summed E-state index contributed by atoms with van der Waals surface area (Å²) in [4.78, 5) is 19.5. The number of rotatable bonds is 4. The molecule has 9 nitrogen and oxygen atoms in total. The Kier molecular flexibility index (Phi) is 4.11. The van der Waals surface area contributed by atoms with Crippen molar-refractivity contribution in [3.05, 3.63) is 50.2 Å². The van der Waals surface area contributed by atoms with E-state index in [0.29, 0.717) is 0 Å². The van der Waals surface area contributed by atoms with Gasteiger partial charge in [0.1, 0.15) is 17.7 Å². The maximum absolute atomic E-state index is 10.7. The van der Waals surface area contributed by atoms with Gasteiger partial charge in [-0.15, -0.1) is 0 Å². The molecule has 1 aromatic carbocycles. The number of anilines is 1. The van der Waals surface area contributed by atoms with Gasteiger partial charge in [0, 0.05) is 24.0 Å². The molecule has 0 saturated heterocycles. The van der Waals surface area contributed by atoms with Gasteiger partial charge in [0.15, 0.2) is 0 Å². The predicted molar refractivity (Wildman–Crippen MR) is 62.7 cm³/mol. The van der Waals surface area contributed by atoms with Crippen LogP contribution in [0.15, 0.2) is 30.0 Å². The smallest absolute Gasteiger partial charge is 0.348 e. The minimum Gasteiger partial charge on any atom is -0.360 e. The van der Waals surface area contributed by atoms with Gasteiger partial charge in [0.25, 0.3) is 0 Å². The number of nitro groups is 2. The van der Waals surface area contributed by atoms with E-state index in [-0.39, 0.29) is 11.3 Å². The van der Waals surface area contributed by atoms with Gasteiger partial charge in [-0.2, -0.15) is 10.5 Å². The topological polar surface area (TPSA) is 146 Å². The summed E-state index contributed by atoms with van der Waals surface area (Å²) in [5, 5.41) is 40.7. The lowest BCUT2D eigenvalue weighted by Crippen LogP contribution is -1.98. The first-order valence-corrected chi connectivity index (χ1v) is 4.69. The standard InChI is InChI=1S/C10H5N5O4/c11-4-7(5-12)6-13-8-1-2-9(14(16)17)10(3-8)15(18)19/h1-3,6,13H. The van der Waals surface area contributed by atoms with Crippen LogP contribution in [0.1, 0.15) is 0 Å². The lowest BCUT2D eigenvalue weighted by Gasteiger charge is -2.00. The van der Waals surface area contributed by atoms with Crippen LogP contribution in [0.4, 0.5) is 17.1 Å². The molecular formula is C10H5N5O4. The van der Waals surface area contributed by atoms with E-state index in [1.165, 1.54) is 6.07 Å². The molecule has 0 fully saturated rings. The van der Waals surface area contributed by atoms with Gasteiger partial charge in [-0.25, -0.2) is 0 Å². The quantitative estimate of drug-likeness (QED) is 0.492. The minimum absolute atomic E-state index is 0.153. The van der Waals surface area contributed by atoms with Gasteiger partial charge in [0.05, 0.1) is 9.85 Å². The predicted octanol–water partition coefficient (Wildman–Crippen LogP) is 1.85. The zero-order valence-corrected chi connectivity index (χ0v) is 9.23. The third kappa shape index (κ3) is 3.25. The summed E-state index contributed by atoms with van der Waals surface area (Å²) in [5.41, 5.74) is -1.40. The largest absolute Gasteiger partial charge is 0.360 e. The molecule has 0 bridgehead atoms. The molecule has 0 spiro atoms. The molecule has 0 radical (unpaired) electrons. The third-order valence-electron chi connectivity index (χ3n) is 1.99. The van der Waals surface area contributed by atoms with E-state index in [2.05, 4.69) is 5.32 Å². The summed E-state index contributed by atoms with van der Waals surface area (Å²) in [7, 11) is 0. The van der Waals surface area contributed by atoms with Gasteiger partial charge < -0.3 is 5.32 Å². The highest BCUT2D eigenvalue weighted by molar-refractivity contribution is 5.63. The van der Waals surface area contributed by atoms with E-state index < -0.39 is 21.2 Å². The zero-order chi connectivity index (χ0) is 14.4. The molecule has 1 N–H and O–H groups in total. The van der Waals surface area contributed by atoms with Crippen LogP contribution < -0.4 is 5.32 Å². The number of hydrogen-bond acceptors (Lipinski definition) is 7. The molecule has 0 aliphatic rings. The molecule has 0 aliphatic heterocycles. The molecule has 0 atom stereocenters. The van der Waals surface area contributed by atoms with Crippen molar-refractivity contribution in [3.8, 4) is 12.1 Å². The van der Waals surface area contributed by atoms with E-state index in [9.17, 15) is 20.2 Å². The fourth-order valence-electron chi connectivity index (χ4n) is 1.16. The van der Waals surface area contributed by atoms with Gasteiger partial charge >= 0.3 is 11.4 Å². The molecule has 19 heavy (non-hydrogen) atoms. The van der Waals surface area contributed by atoms with Crippen LogP contribution in [0, 0.1) is 42.9 Å². The summed E-state index contributed by atoms with van der Waals surface area (Å²) in [6, 6.07) is 6.31. The second kappa shape index (κ2) is 5.75. The maximum Gasteiger partial charge on any atom is 0.348 e. The molecule has 1 rings (SSSR count). The van der Waals surface area contributed by atoms with Crippen LogP contribution >= 0.6 is 0 Å². The Hall–Kier alpha value is -3.46. The average Bonchev–Trinajstić information content (AvgIpc) is 2.39. The van der Waals surface area contributed by atoms with Crippen LogP contribution in [-0.4, -0.2) is 9.85 Å². The molecule has 0 saturated carbocycles. The van der Waals surface area contributed by atoms with Crippen LogP contribution in [-0.2, 0) is 0 Å². The molecule has 0 aliphatic carbocycles. The SMILES string of the molecule is N#CC(C#N)=CNc1ccc([N+](=O)[O-])c([N+](=O)[O-])c1. The van der Waals surface area contributed by atoms with E-state index in [1.807, 2.05) is 0 Å². The summed E-state index contributed by atoms with van der Waals surface area (Å²) in [6.45, 7) is 0. The van der Waals surface area contributed by atoms with Crippen molar-refractivity contribution < 1.29 is 9.85 Å². The second-order valence-electron chi connectivity index (χ2n) is 3.14. The van der Waals surface area contributed by atoms with E-state index >= 15 is 0 Å². The van der Waals surface area contributed by atoms with Crippen LogP contribution in [0.3, 0.4) is 0 Å². The number of hydrogen-bond donors (Lipinski definition) is 1. The first-order chi connectivity index (χ1) is 8.99. The number of allylic oxidation sites excluding steroid dienone is 1. The Morgan fingerprint density at radius 3 is 2.21 bits per heavy atom. The van der Waals surface area contributed by atoms with Gasteiger partial charge in [-0.3, -0.25) is 20.2 Å². The Morgan fingerprint density at radius 2 is 1.74 bits per heavy atom. The molecule has 1 aromatic rings. The normalized spacial score (nSPS) is 8.74. The highest BCUT2D eigenvalue weighted by Crippen LogP contribution is 2.29. The highest BCUT2D eigenvalue weighted by atomic mass is 16.6. The van der Waals surface area contributed by atoms with Crippen molar-refractivity contribution >= 4 is 17.1 Å². The Morgan fingerprint density at radius 1 is 1.16 bits per heavy atom. The van der Waals surface area contributed by atoms with E-state index in [0.717, 1.165) is 18.3 Å². The molecular weight excluding hydrogens is 254 g/mol. The van der Waals surface area contributed by atoms with Crippen LogP contribution in [0.25, 0.3) is 0 Å². The second-order valence-corrected chi connectivity index (χ2v) is 3.14. The minimum atomic E-state index is -0.886. The molecule has 94 valence electrons. The number of benzene rings is 1. The van der Waals surface area contributed by atoms with Crippen molar-refractivity contribution in [1.82, 2.24) is 0 Å². The van der Waals surface area contributed by atoms with Crippen molar-refractivity contribution in [1.29, 1.82) is 10.5 Å². The van der Waals surface area contributed by atoms with Gasteiger partial charge in [-0.1, -0.05) is 0 Å². The van der Waals surface area contributed by atoms with Crippen molar-refractivity contribution in [2.75, 3.05) is 5.32 Å². The summed E-state index contributed by atoms with van der Waals surface area (Å²) >= 11 is 0. The fraction of sp³-hybridized carbons (Fsp3) is 0. The Labute approximate surface area is 106 Å². The number of nitrogens with zero attached hydrogens (tertiary/aromatic N) is 4. The highest BCUT2D eigenvalue weighted by Gasteiger charge is 2.23. The fourth-order valence-corrected chi connectivity index (χ4v) is 1.16. The Balaban J connectivity index is 3.15. The molecule has 0 amide bonds. The first kappa shape index (κ1) is 13.6. The first-order valence-electron chi connectivity index (χ1n) is 4.69. The lowest BCUT2D eigenvalue weighted by molar-refractivity contribution is -0.422. The Bertz CT molecular complexity index is 637. The van der Waals surface area contributed by atoms with Crippen LogP contribution in [0.2, 0.25) is 0 Å². The molecule has 9 heteroatoms. The van der Waals surface area contributed by atoms with Crippen LogP contribution in [0.5, 0.6) is 0 Å². The molecule has 0 heterocycles. The molecule has 0 unspecified atom stereocenters. The third-order valence-corrected chi connectivity index (χ3v) is 1.99. The van der Waals surface area contributed by atoms with Gasteiger partial charge in [0.2, 0.25) is 0 Å². The van der Waals surface area contributed by atoms with Crippen molar-refractivity contribution in [2.45, 2.75) is 0 Å². The van der Waals surface area contributed by atoms with E-state index in [1.54, 1.807) is 12.1 Å². The average molecular weight is 259 g/mol. The maximum atomic E-state index is 10.7. The lowest BCUT2D eigenvalue weighted by atomic mass is 10.2. The molecule has 0 aromatic heterocycles. The van der Waals surface area contributed by atoms with Crippen molar-refractivity contribution in [3.63, 3.8) is 0 Å². The summed E-state index contributed by atoms with van der Waals surface area (Å²) in [6.07, 6.45) is 1.05. The van der Waals surface area contributed by atoms with Gasteiger partial charge in [-0.05, 0) is 6.07 Å². The van der Waals surface area contributed by atoms with Crippen molar-refractivity contribution in [2.24, 2.45) is 0 Å². The summed E-state index contributed by atoms with van der Waals surface area (Å²) < 4.78 is 0. The number of nitriles is 2. The monoisotopic (exact) mass is 259 g/mol. The summed E-state index contributed by atoms with van der Waals surface area (Å²) in [5.74, 6) is 0.